The van der Waals surface area contributed by atoms with Gasteiger partial charge >= 0.3 is 0 Å². The van der Waals surface area contributed by atoms with Gasteiger partial charge in [-0.15, -0.1) is 11.3 Å². The molecule has 0 saturated heterocycles. The third kappa shape index (κ3) is 5.47. The van der Waals surface area contributed by atoms with E-state index in [0.717, 1.165) is 15.3 Å². The number of hydrogen-bond acceptors (Lipinski definition) is 4. The van der Waals surface area contributed by atoms with E-state index in [1.54, 1.807) is 35.6 Å². The van der Waals surface area contributed by atoms with Crippen LogP contribution in [0.4, 0.5) is 11.4 Å². The van der Waals surface area contributed by atoms with E-state index in [9.17, 15) is 9.59 Å². The highest BCUT2D eigenvalue weighted by molar-refractivity contribution is 7.16. The molecule has 3 aromatic rings. The van der Waals surface area contributed by atoms with E-state index in [-0.39, 0.29) is 11.8 Å². The van der Waals surface area contributed by atoms with Crippen molar-refractivity contribution in [2.75, 3.05) is 17.7 Å². The summed E-state index contributed by atoms with van der Waals surface area (Å²) in [6, 6.07) is 16.6. The SMILES string of the molecule is COc1ccc(NC(C)=O)cc1NC(=O)/C=C/c1ccc(-c2ccccc2Cl)s1. The van der Waals surface area contributed by atoms with Crippen LogP contribution < -0.4 is 15.4 Å². The molecule has 0 unspecified atom stereocenters. The number of amides is 2. The van der Waals surface area contributed by atoms with Crippen LogP contribution in [0.1, 0.15) is 11.8 Å². The summed E-state index contributed by atoms with van der Waals surface area (Å²) in [6.07, 6.45) is 3.19. The third-order valence-corrected chi connectivity index (χ3v) is 5.36. The summed E-state index contributed by atoms with van der Waals surface area (Å²) in [5, 5.41) is 6.14. The Labute approximate surface area is 178 Å². The summed E-state index contributed by atoms with van der Waals surface area (Å²) < 4.78 is 5.27. The highest BCUT2D eigenvalue weighted by Gasteiger charge is 2.09. The van der Waals surface area contributed by atoms with Gasteiger partial charge in [-0.3, -0.25) is 9.59 Å². The van der Waals surface area contributed by atoms with Gasteiger partial charge < -0.3 is 15.4 Å². The first-order chi connectivity index (χ1) is 14.0. The van der Waals surface area contributed by atoms with Crippen molar-refractivity contribution in [3.8, 4) is 16.2 Å². The first kappa shape index (κ1) is 20.6. The van der Waals surface area contributed by atoms with Crippen LogP contribution in [0.15, 0.2) is 60.7 Å². The van der Waals surface area contributed by atoms with Crippen molar-refractivity contribution in [3.05, 3.63) is 70.6 Å². The lowest BCUT2D eigenvalue weighted by Crippen LogP contribution is -2.10. The fraction of sp³-hybridized carbons (Fsp3) is 0.0909. The minimum absolute atomic E-state index is 0.195. The van der Waals surface area contributed by atoms with Gasteiger partial charge in [0.2, 0.25) is 11.8 Å². The zero-order chi connectivity index (χ0) is 20.8. The largest absolute Gasteiger partial charge is 0.495 e. The standard InChI is InChI=1S/C22H19ClN2O3S/c1-14(26)24-15-7-10-20(28-2)19(13-15)25-22(27)12-9-16-8-11-21(29-16)17-5-3-4-6-18(17)23/h3-13H,1-2H3,(H,24,26)(H,25,27)/b12-9+. The molecule has 5 nitrogen and oxygen atoms in total. The highest BCUT2D eigenvalue weighted by Crippen LogP contribution is 2.33. The summed E-state index contributed by atoms with van der Waals surface area (Å²) in [6.45, 7) is 1.42. The number of nitrogens with one attached hydrogen (secondary N) is 2. The predicted molar refractivity (Wildman–Crippen MR) is 120 cm³/mol. The fourth-order valence-corrected chi connectivity index (χ4v) is 3.91. The molecule has 2 amide bonds. The number of carbonyl (C=O) groups is 2. The highest BCUT2D eigenvalue weighted by atomic mass is 35.5. The molecular formula is C22H19ClN2O3S. The number of thiophene rings is 1. The Morgan fingerprint density at radius 1 is 1.07 bits per heavy atom. The van der Waals surface area contributed by atoms with E-state index >= 15 is 0 Å². The summed E-state index contributed by atoms with van der Waals surface area (Å²) in [4.78, 5) is 25.6. The molecule has 0 aliphatic heterocycles. The Morgan fingerprint density at radius 2 is 1.86 bits per heavy atom. The minimum Gasteiger partial charge on any atom is -0.495 e. The molecule has 0 radical (unpaired) electrons. The van der Waals surface area contributed by atoms with Crippen LogP contribution >= 0.6 is 22.9 Å². The van der Waals surface area contributed by atoms with Gasteiger partial charge in [-0.25, -0.2) is 0 Å². The van der Waals surface area contributed by atoms with Gasteiger partial charge in [-0.2, -0.15) is 0 Å². The van der Waals surface area contributed by atoms with Crippen molar-refractivity contribution in [1.82, 2.24) is 0 Å². The molecule has 0 spiro atoms. The third-order valence-electron chi connectivity index (χ3n) is 3.94. The van der Waals surface area contributed by atoms with Crippen LogP contribution in [-0.2, 0) is 9.59 Å². The Balaban J connectivity index is 1.72. The molecule has 0 atom stereocenters. The second-order valence-electron chi connectivity index (χ2n) is 6.10. The number of carbonyl (C=O) groups excluding carboxylic acids is 2. The van der Waals surface area contributed by atoms with E-state index in [1.165, 1.54) is 20.1 Å². The van der Waals surface area contributed by atoms with Crippen molar-refractivity contribution >= 4 is 52.2 Å². The van der Waals surface area contributed by atoms with E-state index < -0.39 is 0 Å². The minimum atomic E-state index is -0.309. The number of rotatable bonds is 6. The topological polar surface area (TPSA) is 67.4 Å². The first-order valence-corrected chi connectivity index (χ1v) is 9.95. The zero-order valence-electron chi connectivity index (χ0n) is 15.9. The Bertz CT molecular complexity index is 1080. The zero-order valence-corrected chi connectivity index (χ0v) is 17.4. The smallest absolute Gasteiger partial charge is 0.248 e. The van der Waals surface area contributed by atoms with Gasteiger partial charge in [-0.05, 0) is 42.5 Å². The monoisotopic (exact) mass is 426 g/mol. The van der Waals surface area contributed by atoms with E-state index in [1.807, 2.05) is 36.4 Å². The molecule has 2 N–H and O–H groups in total. The van der Waals surface area contributed by atoms with Gasteiger partial charge in [0.15, 0.2) is 0 Å². The number of benzene rings is 2. The van der Waals surface area contributed by atoms with Crippen molar-refractivity contribution in [3.63, 3.8) is 0 Å². The van der Waals surface area contributed by atoms with Crippen LogP contribution in [0, 0.1) is 0 Å². The lowest BCUT2D eigenvalue weighted by Gasteiger charge is -2.11. The van der Waals surface area contributed by atoms with Crippen molar-refractivity contribution in [2.24, 2.45) is 0 Å². The number of hydrogen-bond donors (Lipinski definition) is 2. The average Bonchev–Trinajstić information content (AvgIpc) is 3.15. The molecule has 7 heteroatoms. The van der Waals surface area contributed by atoms with Crippen molar-refractivity contribution in [1.29, 1.82) is 0 Å². The van der Waals surface area contributed by atoms with Crippen molar-refractivity contribution in [2.45, 2.75) is 6.92 Å². The average molecular weight is 427 g/mol. The lowest BCUT2D eigenvalue weighted by atomic mass is 10.2. The number of halogens is 1. The van der Waals surface area contributed by atoms with Gasteiger partial charge in [0.05, 0.1) is 12.8 Å². The number of methoxy groups -OCH3 is 1. The second kappa shape index (κ2) is 9.41. The van der Waals surface area contributed by atoms with Gasteiger partial charge in [-0.1, -0.05) is 29.8 Å². The summed E-state index contributed by atoms with van der Waals surface area (Å²) >= 11 is 7.79. The fourth-order valence-electron chi connectivity index (χ4n) is 2.67. The van der Waals surface area contributed by atoms with E-state index in [2.05, 4.69) is 10.6 Å². The maximum atomic E-state index is 12.4. The Morgan fingerprint density at radius 3 is 2.59 bits per heavy atom. The molecule has 3 rings (SSSR count). The van der Waals surface area contributed by atoms with Crippen LogP contribution in [0.25, 0.3) is 16.5 Å². The maximum absolute atomic E-state index is 12.4. The molecule has 2 aromatic carbocycles. The molecule has 1 heterocycles. The van der Waals surface area contributed by atoms with Gasteiger partial charge in [0.25, 0.3) is 0 Å². The molecular weight excluding hydrogens is 408 g/mol. The van der Waals surface area contributed by atoms with Crippen LogP contribution in [0.2, 0.25) is 5.02 Å². The number of ether oxygens (including phenoxy) is 1. The summed E-state index contributed by atoms with van der Waals surface area (Å²) in [5.74, 6) is -0.00620. The van der Waals surface area contributed by atoms with E-state index in [0.29, 0.717) is 22.1 Å². The Kier molecular flexibility index (Phi) is 6.69. The molecule has 0 saturated carbocycles. The molecule has 1 aromatic heterocycles. The number of anilines is 2. The lowest BCUT2D eigenvalue weighted by molar-refractivity contribution is -0.114. The first-order valence-electron chi connectivity index (χ1n) is 8.75. The van der Waals surface area contributed by atoms with Gasteiger partial charge in [0, 0.05) is 39.0 Å². The van der Waals surface area contributed by atoms with Gasteiger partial charge in [0.1, 0.15) is 5.75 Å². The molecule has 0 bridgehead atoms. The normalized spacial score (nSPS) is 10.7. The Hall–Kier alpha value is -3.09. The molecule has 0 fully saturated rings. The molecule has 0 aliphatic rings. The van der Waals surface area contributed by atoms with E-state index in [4.69, 9.17) is 16.3 Å². The summed E-state index contributed by atoms with van der Waals surface area (Å²) in [5.41, 5.74) is 2.00. The van der Waals surface area contributed by atoms with Crippen LogP contribution in [0.3, 0.4) is 0 Å². The molecule has 148 valence electrons. The quantitative estimate of drug-likeness (QED) is 0.498. The maximum Gasteiger partial charge on any atom is 0.248 e. The van der Waals surface area contributed by atoms with Crippen molar-refractivity contribution < 1.29 is 14.3 Å². The molecule has 0 aliphatic carbocycles. The predicted octanol–water partition coefficient (Wildman–Crippen LogP) is 5.69. The molecule has 29 heavy (non-hydrogen) atoms. The summed E-state index contributed by atoms with van der Waals surface area (Å²) in [7, 11) is 1.51. The van der Waals surface area contributed by atoms with Crippen LogP contribution in [-0.4, -0.2) is 18.9 Å². The second-order valence-corrected chi connectivity index (χ2v) is 7.62. The van der Waals surface area contributed by atoms with Crippen LogP contribution in [0.5, 0.6) is 5.75 Å².